The Kier molecular flexibility index (Phi) is 6.88. The molecular weight excluding hydrogens is 250 g/mol. The Morgan fingerprint density at radius 1 is 1.30 bits per heavy atom. The molecule has 1 aliphatic heterocycles. The van der Waals surface area contributed by atoms with Gasteiger partial charge in [0, 0.05) is 7.11 Å². The molecule has 2 unspecified atom stereocenters. The molecule has 0 aromatic carbocycles. The molecule has 3 heteroatoms. The van der Waals surface area contributed by atoms with E-state index in [0.717, 1.165) is 32.4 Å². The summed E-state index contributed by atoms with van der Waals surface area (Å²) >= 11 is 0. The normalized spacial score (nSPS) is 23.8. The van der Waals surface area contributed by atoms with Crippen molar-refractivity contribution in [2.75, 3.05) is 20.3 Å². The predicted molar refractivity (Wildman–Crippen MR) is 82.7 cm³/mol. The molecule has 0 aromatic heterocycles. The van der Waals surface area contributed by atoms with Crippen molar-refractivity contribution in [2.45, 2.75) is 70.4 Å². The number of ether oxygens (including phenoxy) is 2. The minimum Gasteiger partial charge on any atom is -0.501 e. The van der Waals surface area contributed by atoms with Gasteiger partial charge in [-0.25, -0.2) is 0 Å². The highest BCUT2D eigenvalue weighted by Gasteiger charge is 2.33. The lowest BCUT2D eigenvalue weighted by Crippen LogP contribution is -2.47. The van der Waals surface area contributed by atoms with Crippen LogP contribution in [0.3, 0.4) is 0 Å². The van der Waals surface area contributed by atoms with Crippen molar-refractivity contribution in [2.24, 2.45) is 5.92 Å². The van der Waals surface area contributed by atoms with Gasteiger partial charge in [0.1, 0.15) is 0 Å². The fraction of sp³-hybridized carbons (Fsp3) is 0.882. The molecule has 0 spiro atoms. The van der Waals surface area contributed by atoms with E-state index < -0.39 is 0 Å². The van der Waals surface area contributed by atoms with Gasteiger partial charge < -0.3 is 14.8 Å². The Morgan fingerprint density at radius 2 is 2.10 bits per heavy atom. The average Bonchev–Trinajstić information content (AvgIpc) is 2.53. The van der Waals surface area contributed by atoms with Crippen LogP contribution in [0.4, 0.5) is 0 Å². The summed E-state index contributed by atoms with van der Waals surface area (Å²) in [6, 6.07) is 0.336. The van der Waals surface area contributed by atoms with E-state index in [9.17, 15) is 0 Å². The fourth-order valence-electron chi connectivity index (χ4n) is 3.63. The summed E-state index contributed by atoms with van der Waals surface area (Å²) in [5, 5.41) is 3.71. The molecule has 0 amide bonds. The maximum atomic E-state index is 5.94. The van der Waals surface area contributed by atoms with Crippen LogP contribution in [-0.2, 0) is 9.47 Å². The van der Waals surface area contributed by atoms with E-state index in [0.29, 0.717) is 18.1 Å². The standard InChI is InChI=1S/C17H31NO2/c1-3-11-18-16(15-10-7-12-20-13-15)17(19-2)14-8-5-4-6-9-14/h13-14,16-18H,3-12H2,1-2H3. The number of hydrogen-bond donors (Lipinski definition) is 1. The molecule has 116 valence electrons. The first kappa shape index (κ1) is 15.8. The third-order valence-corrected chi connectivity index (χ3v) is 4.69. The first-order valence-electron chi connectivity index (χ1n) is 8.43. The van der Waals surface area contributed by atoms with Gasteiger partial charge >= 0.3 is 0 Å². The molecule has 1 N–H and O–H groups in total. The van der Waals surface area contributed by atoms with E-state index in [1.807, 2.05) is 13.4 Å². The Labute approximate surface area is 124 Å². The smallest absolute Gasteiger partial charge is 0.0876 e. The van der Waals surface area contributed by atoms with Gasteiger partial charge in [0.05, 0.1) is 25.0 Å². The summed E-state index contributed by atoms with van der Waals surface area (Å²) < 4.78 is 11.5. The summed E-state index contributed by atoms with van der Waals surface area (Å²) in [5.41, 5.74) is 1.40. The highest BCUT2D eigenvalue weighted by Crippen LogP contribution is 2.32. The second kappa shape index (κ2) is 8.68. The van der Waals surface area contributed by atoms with Gasteiger partial charge in [-0.15, -0.1) is 0 Å². The van der Waals surface area contributed by atoms with Gasteiger partial charge in [-0.1, -0.05) is 26.2 Å². The maximum Gasteiger partial charge on any atom is 0.0876 e. The van der Waals surface area contributed by atoms with Crippen molar-refractivity contribution in [1.82, 2.24) is 5.32 Å². The van der Waals surface area contributed by atoms with Gasteiger partial charge in [-0.2, -0.15) is 0 Å². The molecule has 1 fully saturated rings. The lowest BCUT2D eigenvalue weighted by molar-refractivity contribution is 0.0143. The zero-order valence-electron chi connectivity index (χ0n) is 13.2. The van der Waals surface area contributed by atoms with E-state index >= 15 is 0 Å². The molecule has 20 heavy (non-hydrogen) atoms. The zero-order valence-corrected chi connectivity index (χ0v) is 13.2. The van der Waals surface area contributed by atoms with Crippen LogP contribution < -0.4 is 5.32 Å². The van der Waals surface area contributed by atoms with Crippen molar-refractivity contribution < 1.29 is 9.47 Å². The Morgan fingerprint density at radius 3 is 2.70 bits per heavy atom. The van der Waals surface area contributed by atoms with Crippen LogP contribution >= 0.6 is 0 Å². The number of nitrogens with one attached hydrogen (secondary N) is 1. The summed E-state index contributed by atoms with van der Waals surface area (Å²) in [7, 11) is 1.88. The van der Waals surface area contributed by atoms with Gasteiger partial charge in [-0.05, 0) is 50.1 Å². The summed E-state index contributed by atoms with van der Waals surface area (Å²) in [5.74, 6) is 0.700. The average molecular weight is 281 g/mol. The van der Waals surface area contributed by atoms with Crippen LogP contribution in [0.25, 0.3) is 0 Å². The first-order valence-corrected chi connectivity index (χ1v) is 8.43. The van der Waals surface area contributed by atoms with Crippen molar-refractivity contribution in [3.63, 3.8) is 0 Å². The Hall–Kier alpha value is -0.540. The summed E-state index contributed by atoms with van der Waals surface area (Å²) in [6.07, 6.45) is 12.5. The molecule has 1 saturated carbocycles. The number of hydrogen-bond acceptors (Lipinski definition) is 3. The van der Waals surface area contributed by atoms with Crippen LogP contribution in [0.1, 0.15) is 58.3 Å². The van der Waals surface area contributed by atoms with E-state index in [1.54, 1.807) is 0 Å². The molecule has 0 bridgehead atoms. The summed E-state index contributed by atoms with van der Waals surface area (Å²) in [6.45, 7) is 4.14. The molecule has 0 aromatic rings. The largest absolute Gasteiger partial charge is 0.501 e. The number of methoxy groups -OCH3 is 1. The summed E-state index contributed by atoms with van der Waals surface area (Å²) in [4.78, 5) is 0. The third kappa shape index (κ3) is 4.23. The van der Waals surface area contributed by atoms with E-state index in [2.05, 4.69) is 12.2 Å². The molecule has 2 aliphatic rings. The van der Waals surface area contributed by atoms with Crippen molar-refractivity contribution in [3.8, 4) is 0 Å². The lowest BCUT2D eigenvalue weighted by atomic mass is 9.80. The highest BCUT2D eigenvalue weighted by molar-refractivity contribution is 5.13. The van der Waals surface area contributed by atoms with Crippen molar-refractivity contribution in [3.05, 3.63) is 11.8 Å². The van der Waals surface area contributed by atoms with E-state index in [4.69, 9.17) is 9.47 Å². The molecule has 1 aliphatic carbocycles. The second-order valence-corrected chi connectivity index (χ2v) is 6.20. The SMILES string of the molecule is CCCNC(C1=COCCC1)C(OC)C1CCCCC1. The monoisotopic (exact) mass is 281 g/mol. The van der Waals surface area contributed by atoms with Crippen LogP contribution in [0.5, 0.6) is 0 Å². The molecular formula is C17H31NO2. The molecule has 2 atom stereocenters. The Balaban J connectivity index is 2.06. The second-order valence-electron chi connectivity index (χ2n) is 6.20. The van der Waals surface area contributed by atoms with Gasteiger partial charge in [0.2, 0.25) is 0 Å². The molecule has 0 radical (unpaired) electrons. The quantitative estimate of drug-likeness (QED) is 0.773. The van der Waals surface area contributed by atoms with Gasteiger partial charge in [0.15, 0.2) is 0 Å². The van der Waals surface area contributed by atoms with Crippen LogP contribution in [-0.4, -0.2) is 32.4 Å². The molecule has 0 saturated heterocycles. The van der Waals surface area contributed by atoms with Gasteiger partial charge in [0.25, 0.3) is 0 Å². The van der Waals surface area contributed by atoms with E-state index in [1.165, 1.54) is 37.7 Å². The van der Waals surface area contributed by atoms with Crippen LogP contribution in [0, 0.1) is 5.92 Å². The highest BCUT2D eigenvalue weighted by atomic mass is 16.5. The third-order valence-electron chi connectivity index (χ3n) is 4.69. The van der Waals surface area contributed by atoms with E-state index in [-0.39, 0.29) is 0 Å². The van der Waals surface area contributed by atoms with Crippen molar-refractivity contribution >= 4 is 0 Å². The Bertz CT molecular complexity index is 297. The van der Waals surface area contributed by atoms with Gasteiger partial charge in [-0.3, -0.25) is 0 Å². The van der Waals surface area contributed by atoms with Crippen molar-refractivity contribution in [1.29, 1.82) is 0 Å². The predicted octanol–water partition coefficient (Wildman–Crippen LogP) is 3.64. The minimum absolute atomic E-state index is 0.301. The zero-order chi connectivity index (χ0) is 14.2. The lowest BCUT2D eigenvalue weighted by Gasteiger charge is -2.37. The van der Waals surface area contributed by atoms with Crippen LogP contribution in [0.15, 0.2) is 11.8 Å². The minimum atomic E-state index is 0.301. The fourth-order valence-corrected chi connectivity index (χ4v) is 3.63. The number of rotatable bonds is 7. The molecule has 3 nitrogen and oxygen atoms in total. The van der Waals surface area contributed by atoms with Crippen LogP contribution in [0.2, 0.25) is 0 Å². The first-order chi connectivity index (χ1) is 9.86. The topological polar surface area (TPSA) is 30.5 Å². The molecule has 2 rings (SSSR count). The maximum absolute atomic E-state index is 5.94. The molecule has 1 heterocycles.